The molecule has 118 valence electrons. The van der Waals surface area contributed by atoms with E-state index >= 15 is 0 Å². The number of piperidine rings is 1. The number of rotatable bonds is 3. The van der Waals surface area contributed by atoms with E-state index in [-0.39, 0.29) is 5.92 Å². The van der Waals surface area contributed by atoms with E-state index in [9.17, 15) is 9.59 Å². The number of esters is 1. The second-order valence-corrected chi connectivity index (χ2v) is 5.89. The zero-order valence-electron chi connectivity index (χ0n) is 12.4. The van der Waals surface area contributed by atoms with Gasteiger partial charge in [0.2, 0.25) is 0 Å². The number of fused-ring (bicyclic) bond motifs is 2. The summed E-state index contributed by atoms with van der Waals surface area (Å²) in [4.78, 5) is 24.9. The molecule has 6 nitrogen and oxygen atoms in total. The first-order valence-corrected chi connectivity index (χ1v) is 7.38. The number of carboxylic acids is 1. The first kappa shape index (κ1) is 14.8. The Hall–Kier alpha value is -2.08. The second-order valence-electron chi connectivity index (χ2n) is 5.89. The predicted octanol–water partition coefficient (Wildman–Crippen LogP) is 1.24. The van der Waals surface area contributed by atoms with E-state index in [0.29, 0.717) is 12.3 Å². The van der Waals surface area contributed by atoms with Gasteiger partial charge in [-0.2, -0.15) is 0 Å². The topological polar surface area (TPSA) is 76.1 Å². The van der Waals surface area contributed by atoms with Crippen molar-refractivity contribution in [3.05, 3.63) is 29.8 Å². The molecular formula is C16H19NO5. The van der Waals surface area contributed by atoms with Gasteiger partial charge in [-0.15, -0.1) is 0 Å². The van der Waals surface area contributed by atoms with Gasteiger partial charge >= 0.3 is 11.9 Å². The highest BCUT2D eigenvalue weighted by Crippen LogP contribution is 2.46. The van der Waals surface area contributed by atoms with Gasteiger partial charge in [0.25, 0.3) is 0 Å². The van der Waals surface area contributed by atoms with Crippen LogP contribution in [-0.2, 0) is 19.9 Å². The van der Waals surface area contributed by atoms with Crippen LogP contribution in [0.4, 0.5) is 0 Å². The van der Waals surface area contributed by atoms with Crippen LogP contribution < -0.4 is 4.74 Å². The number of ether oxygens (including phenoxy) is 2. The Morgan fingerprint density at radius 3 is 2.91 bits per heavy atom. The SMILES string of the molecule is COc1cccc(C2(OC(=O)C(=O)O)CN3CCCC2C3)c1. The zero-order chi connectivity index (χ0) is 15.7. The van der Waals surface area contributed by atoms with Crippen LogP contribution in [0.5, 0.6) is 5.75 Å². The van der Waals surface area contributed by atoms with Crippen LogP contribution in [0.2, 0.25) is 0 Å². The van der Waals surface area contributed by atoms with Crippen molar-refractivity contribution in [3.63, 3.8) is 0 Å². The van der Waals surface area contributed by atoms with Crippen molar-refractivity contribution >= 4 is 11.9 Å². The summed E-state index contributed by atoms with van der Waals surface area (Å²) in [5, 5.41) is 8.93. The van der Waals surface area contributed by atoms with Crippen LogP contribution in [0, 0.1) is 5.92 Å². The van der Waals surface area contributed by atoms with Gasteiger partial charge in [0.1, 0.15) is 5.75 Å². The van der Waals surface area contributed by atoms with E-state index in [2.05, 4.69) is 4.90 Å². The lowest BCUT2D eigenvalue weighted by Crippen LogP contribution is -2.41. The highest BCUT2D eigenvalue weighted by atomic mass is 16.6. The van der Waals surface area contributed by atoms with Crippen molar-refractivity contribution in [1.29, 1.82) is 0 Å². The first-order chi connectivity index (χ1) is 10.5. The summed E-state index contributed by atoms with van der Waals surface area (Å²) >= 11 is 0. The average molecular weight is 305 g/mol. The maximum atomic E-state index is 11.7. The maximum Gasteiger partial charge on any atom is 0.418 e. The van der Waals surface area contributed by atoms with Crippen LogP contribution in [-0.4, -0.2) is 48.7 Å². The highest BCUT2D eigenvalue weighted by molar-refractivity contribution is 6.28. The molecule has 3 atom stereocenters. The summed E-state index contributed by atoms with van der Waals surface area (Å²) in [7, 11) is 1.57. The number of carboxylic acid groups (broad SMARTS) is 1. The lowest BCUT2D eigenvalue weighted by atomic mass is 9.81. The Kier molecular flexibility index (Phi) is 3.78. The molecule has 0 aromatic heterocycles. The number of hydrogen-bond donors (Lipinski definition) is 1. The van der Waals surface area contributed by atoms with Gasteiger partial charge in [-0.25, -0.2) is 9.59 Å². The molecule has 6 heteroatoms. The Labute approximate surface area is 128 Å². The average Bonchev–Trinajstić information content (AvgIpc) is 2.78. The smallest absolute Gasteiger partial charge is 0.418 e. The lowest BCUT2D eigenvalue weighted by molar-refractivity contribution is -0.177. The number of carbonyl (C=O) groups excluding carboxylic acids is 1. The van der Waals surface area contributed by atoms with Crippen molar-refractivity contribution in [1.82, 2.24) is 4.90 Å². The molecule has 3 rings (SSSR count). The standard InChI is InChI=1S/C16H19NO5/c1-21-13-6-2-4-11(8-13)16(22-15(20)14(18)19)10-17-7-3-5-12(16)9-17/h2,4,6,8,12H,3,5,7,9-10H2,1H3,(H,18,19). The number of methoxy groups -OCH3 is 1. The van der Waals surface area contributed by atoms with Gasteiger partial charge in [0, 0.05) is 24.6 Å². The number of aliphatic carboxylic acids is 1. The Bertz CT molecular complexity index is 602. The normalized spacial score (nSPS) is 29.9. The largest absolute Gasteiger partial charge is 0.497 e. The molecule has 0 spiro atoms. The fraction of sp³-hybridized carbons (Fsp3) is 0.500. The van der Waals surface area contributed by atoms with Crippen molar-refractivity contribution in [2.24, 2.45) is 5.92 Å². The third-order valence-electron chi connectivity index (χ3n) is 4.63. The minimum absolute atomic E-state index is 0.108. The van der Waals surface area contributed by atoms with Gasteiger partial charge in [0.05, 0.1) is 7.11 Å². The number of nitrogens with zero attached hydrogens (tertiary/aromatic N) is 1. The molecule has 0 aliphatic carbocycles. The second kappa shape index (κ2) is 5.61. The molecule has 2 fully saturated rings. The van der Waals surface area contributed by atoms with Crippen LogP contribution in [0.1, 0.15) is 18.4 Å². The summed E-state index contributed by atoms with van der Waals surface area (Å²) in [5.41, 5.74) is -0.101. The minimum atomic E-state index is -1.56. The van der Waals surface area contributed by atoms with E-state index in [1.807, 2.05) is 24.3 Å². The number of carbonyl (C=O) groups is 2. The summed E-state index contributed by atoms with van der Waals surface area (Å²) in [6.45, 7) is 2.31. The van der Waals surface area contributed by atoms with E-state index in [0.717, 1.165) is 31.5 Å². The fourth-order valence-corrected chi connectivity index (χ4v) is 3.64. The van der Waals surface area contributed by atoms with Crippen molar-refractivity contribution in [2.75, 3.05) is 26.7 Å². The third-order valence-corrected chi connectivity index (χ3v) is 4.63. The van der Waals surface area contributed by atoms with Crippen LogP contribution in [0.25, 0.3) is 0 Å². The van der Waals surface area contributed by atoms with E-state index in [1.54, 1.807) is 7.11 Å². The molecule has 2 aliphatic heterocycles. The lowest BCUT2D eigenvalue weighted by Gasteiger charge is -2.34. The monoisotopic (exact) mass is 305 g/mol. The molecule has 2 saturated heterocycles. The number of hydrogen-bond acceptors (Lipinski definition) is 5. The highest BCUT2D eigenvalue weighted by Gasteiger charge is 2.53. The molecule has 0 radical (unpaired) electrons. The first-order valence-electron chi connectivity index (χ1n) is 7.38. The molecule has 1 aromatic rings. The summed E-state index contributed by atoms with van der Waals surface area (Å²) in [6, 6.07) is 7.36. The molecule has 1 aromatic carbocycles. The summed E-state index contributed by atoms with van der Waals surface area (Å²) in [5.74, 6) is -1.98. The van der Waals surface area contributed by atoms with E-state index in [4.69, 9.17) is 14.6 Å². The van der Waals surface area contributed by atoms with Gasteiger partial charge in [-0.1, -0.05) is 12.1 Å². The molecule has 2 heterocycles. The minimum Gasteiger partial charge on any atom is -0.497 e. The van der Waals surface area contributed by atoms with Gasteiger partial charge in [-0.3, -0.25) is 4.90 Å². The predicted molar refractivity (Wildman–Crippen MR) is 77.6 cm³/mol. The van der Waals surface area contributed by atoms with E-state index in [1.165, 1.54) is 0 Å². The molecule has 3 unspecified atom stereocenters. The van der Waals surface area contributed by atoms with E-state index < -0.39 is 17.5 Å². The fourth-order valence-electron chi connectivity index (χ4n) is 3.64. The molecule has 1 N–H and O–H groups in total. The van der Waals surface area contributed by atoms with Crippen LogP contribution in [0.3, 0.4) is 0 Å². The quantitative estimate of drug-likeness (QED) is 0.669. The molecule has 0 amide bonds. The zero-order valence-corrected chi connectivity index (χ0v) is 12.4. The molecule has 2 bridgehead atoms. The number of benzene rings is 1. The Morgan fingerprint density at radius 2 is 2.23 bits per heavy atom. The summed E-state index contributed by atoms with van der Waals surface area (Å²) < 4.78 is 10.8. The van der Waals surface area contributed by atoms with Crippen molar-refractivity contribution in [2.45, 2.75) is 18.4 Å². The Morgan fingerprint density at radius 1 is 1.41 bits per heavy atom. The van der Waals surface area contributed by atoms with Gasteiger partial charge < -0.3 is 14.6 Å². The molecule has 2 aliphatic rings. The summed E-state index contributed by atoms with van der Waals surface area (Å²) in [6.07, 6.45) is 1.95. The Balaban J connectivity index is 2.02. The maximum absolute atomic E-state index is 11.7. The van der Waals surface area contributed by atoms with Crippen LogP contribution >= 0.6 is 0 Å². The van der Waals surface area contributed by atoms with Crippen molar-refractivity contribution < 1.29 is 24.2 Å². The molecule has 22 heavy (non-hydrogen) atoms. The third kappa shape index (κ3) is 2.43. The molecular weight excluding hydrogens is 286 g/mol. The van der Waals surface area contributed by atoms with Gasteiger partial charge in [-0.05, 0) is 31.5 Å². The van der Waals surface area contributed by atoms with Crippen molar-refractivity contribution in [3.8, 4) is 5.75 Å². The van der Waals surface area contributed by atoms with Crippen LogP contribution in [0.15, 0.2) is 24.3 Å². The van der Waals surface area contributed by atoms with Gasteiger partial charge in [0.15, 0.2) is 5.60 Å². The molecule has 0 saturated carbocycles.